The zero-order valence-electron chi connectivity index (χ0n) is 16.4. The van der Waals surface area contributed by atoms with Gasteiger partial charge < -0.3 is 5.32 Å². The lowest BCUT2D eigenvalue weighted by molar-refractivity contribution is -0.114. The van der Waals surface area contributed by atoms with E-state index in [1.165, 1.54) is 6.92 Å². The van der Waals surface area contributed by atoms with Crippen LogP contribution in [0.15, 0.2) is 66.0 Å². The molecule has 0 fully saturated rings. The summed E-state index contributed by atoms with van der Waals surface area (Å²) in [7, 11) is -3.49. The van der Waals surface area contributed by atoms with E-state index < -0.39 is 9.84 Å². The van der Waals surface area contributed by atoms with Crippen molar-refractivity contribution in [3.8, 4) is 11.3 Å². The van der Waals surface area contributed by atoms with Crippen LogP contribution in [0.25, 0.3) is 16.9 Å². The summed E-state index contributed by atoms with van der Waals surface area (Å²) in [4.78, 5) is 19.9. The van der Waals surface area contributed by atoms with Crippen molar-refractivity contribution in [3.05, 3.63) is 72.2 Å². The van der Waals surface area contributed by atoms with Gasteiger partial charge in [-0.3, -0.25) is 9.78 Å². The normalized spacial score (nSPS) is 11.5. The van der Waals surface area contributed by atoms with Gasteiger partial charge in [-0.05, 0) is 42.8 Å². The molecule has 1 aromatic carbocycles. The third kappa shape index (κ3) is 4.20. The van der Waals surface area contributed by atoms with Gasteiger partial charge in [-0.1, -0.05) is 17.7 Å². The molecule has 152 valence electrons. The number of imidazole rings is 1. The average molecular weight is 421 g/mol. The first-order valence-corrected chi connectivity index (χ1v) is 10.8. The van der Waals surface area contributed by atoms with Gasteiger partial charge in [0.05, 0.1) is 22.5 Å². The first kappa shape index (κ1) is 19.7. The number of anilines is 1. The van der Waals surface area contributed by atoms with Crippen LogP contribution in [0, 0.1) is 6.92 Å². The number of amides is 1. The van der Waals surface area contributed by atoms with E-state index in [9.17, 15) is 13.2 Å². The Hall–Kier alpha value is -3.59. The number of nitrogens with one attached hydrogen (secondary N) is 1. The van der Waals surface area contributed by atoms with E-state index in [0.717, 1.165) is 5.56 Å². The van der Waals surface area contributed by atoms with Crippen LogP contribution >= 0.6 is 0 Å². The Balaban J connectivity index is 1.63. The van der Waals surface area contributed by atoms with Crippen molar-refractivity contribution in [2.24, 2.45) is 0 Å². The van der Waals surface area contributed by atoms with E-state index in [4.69, 9.17) is 0 Å². The summed E-state index contributed by atoms with van der Waals surface area (Å²) in [5.74, 6) is 0.0326. The molecular formula is C21H19N5O3S. The van der Waals surface area contributed by atoms with Crippen molar-refractivity contribution in [2.75, 3.05) is 5.32 Å². The second kappa shape index (κ2) is 7.68. The Kier molecular flexibility index (Phi) is 5.04. The number of carbonyl (C=O) groups excluding carboxylic acids is 1. The molecule has 8 nitrogen and oxygen atoms in total. The summed E-state index contributed by atoms with van der Waals surface area (Å²) < 4.78 is 27.0. The molecule has 0 aliphatic rings. The number of fused-ring (bicyclic) bond motifs is 1. The number of hydrogen-bond donors (Lipinski definition) is 1. The molecule has 4 aromatic rings. The summed E-state index contributed by atoms with van der Waals surface area (Å²) in [6.45, 7) is 3.32. The maximum Gasteiger partial charge on any atom is 0.222 e. The third-order valence-corrected chi connectivity index (χ3v) is 6.16. The molecule has 30 heavy (non-hydrogen) atoms. The summed E-state index contributed by atoms with van der Waals surface area (Å²) in [5.41, 5.74) is 3.44. The van der Waals surface area contributed by atoms with Gasteiger partial charge in [0.15, 0.2) is 21.3 Å². The van der Waals surface area contributed by atoms with E-state index in [1.54, 1.807) is 65.6 Å². The Morgan fingerprint density at radius 3 is 2.60 bits per heavy atom. The lowest BCUT2D eigenvalue weighted by atomic mass is 10.1. The van der Waals surface area contributed by atoms with Crippen LogP contribution in [0.5, 0.6) is 0 Å². The largest absolute Gasteiger partial charge is 0.310 e. The maximum atomic E-state index is 12.7. The van der Waals surface area contributed by atoms with Gasteiger partial charge in [0, 0.05) is 24.9 Å². The molecule has 4 rings (SSSR count). The molecule has 0 saturated carbocycles. The smallest absolute Gasteiger partial charge is 0.222 e. The van der Waals surface area contributed by atoms with Gasteiger partial charge in [0.1, 0.15) is 0 Å². The van der Waals surface area contributed by atoms with E-state index >= 15 is 0 Å². The number of aromatic nitrogens is 4. The highest BCUT2D eigenvalue weighted by molar-refractivity contribution is 7.90. The summed E-state index contributed by atoms with van der Waals surface area (Å²) in [6.07, 6.45) is 4.78. The maximum absolute atomic E-state index is 12.7. The lowest BCUT2D eigenvalue weighted by Crippen LogP contribution is -2.05. The minimum atomic E-state index is -3.49. The van der Waals surface area contributed by atoms with Gasteiger partial charge in [-0.2, -0.15) is 5.10 Å². The lowest BCUT2D eigenvalue weighted by Gasteiger charge is -2.07. The molecule has 0 spiro atoms. The molecule has 1 amide bonds. The molecule has 0 atom stereocenters. The number of nitrogens with zero attached hydrogens (tertiary/aromatic N) is 4. The monoisotopic (exact) mass is 421 g/mol. The van der Waals surface area contributed by atoms with Crippen molar-refractivity contribution in [1.82, 2.24) is 19.6 Å². The molecule has 0 unspecified atom stereocenters. The predicted octanol–water partition coefficient (Wildman–Crippen LogP) is 3.03. The van der Waals surface area contributed by atoms with E-state index in [2.05, 4.69) is 20.4 Å². The Morgan fingerprint density at radius 1 is 1.10 bits per heavy atom. The second-order valence-electron chi connectivity index (χ2n) is 6.98. The molecule has 0 aliphatic heterocycles. The molecule has 3 aromatic heterocycles. The zero-order chi connectivity index (χ0) is 21.3. The second-order valence-corrected chi connectivity index (χ2v) is 8.97. The fourth-order valence-corrected chi connectivity index (χ4v) is 4.35. The van der Waals surface area contributed by atoms with Crippen LogP contribution < -0.4 is 5.32 Å². The molecule has 0 bridgehead atoms. The summed E-state index contributed by atoms with van der Waals surface area (Å²) in [6, 6.07) is 12.1. The van der Waals surface area contributed by atoms with Crippen molar-refractivity contribution in [1.29, 1.82) is 0 Å². The number of benzene rings is 1. The van der Waals surface area contributed by atoms with Crippen LogP contribution in [0.3, 0.4) is 0 Å². The van der Waals surface area contributed by atoms with Crippen molar-refractivity contribution in [3.63, 3.8) is 0 Å². The van der Waals surface area contributed by atoms with E-state index in [-0.39, 0.29) is 16.6 Å². The minimum Gasteiger partial charge on any atom is -0.310 e. The van der Waals surface area contributed by atoms with Gasteiger partial charge in [-0.15, -0.1) is 0 Å². The first-order chi connectivity index (χ1) is 14.3. The number of rotatable bonds is 5. The van der Waals surface area contributed by atoms with Gasteiger partial charge in [0.2, 0.25) is 5.91 Å². The molecular weight excluding hydrogens is 402 g/mol. The van der Waals surface area contributed by atoms with E-state index in [0.29, 0.717) is 28.3 Å². The van der Waals surface area contributed by atoms with Crippen LogP contribution in [0.4, 0.5) is 5.82 Å². The molecule has 0 radical (unpaired) electrons. The number of carbonyl (C=O) groups is 1. The fraction of sp³-hybridized carbons (Fsp3) is 0.143. The minimum absolute atomic E-state index is 0.156. The summed E-state index contributed by atoms with van der Waals surface area (Å²) in [5, 5.41) is 7.11. The molecule has 9 heteroatoms. The van der Waals surface area contributed by atoms with E-state index in [1.807, 2.05) is 6.92 Å². The summed E-state index contributed by atoms with van der Waals surface area (Å²) >= 11 is 0. The fourth-order valence-electron chi connectivity index (χ4n) is 3.03. The first-order valence-electron chi connectivity index (χ1n) is 9.18. The molecule has 1 N–H and O–H groups in total. The standard InChI is InChI=1S/C21H19N5O3S/c1-14-3-5-18(6-4-14)30(28,29)13-16-9-17(11-22-10-16)19-7-8-21-24-20(23-15(2)27)12-26(21)25-19/h3-12H,13H2,1-2H3,(H,23,27). The van der Waals surface area contributed by atoms with Crippen LogP contribution in [0.2, 0.25) is 0 Å². The number of hydrogen-bond acceptors (Lipinski definition) is 6. The molecule has 0 aliphatic carbocycles. The highest BCUT2D eigenvalue weighted by Crippen LogP contribution is 2.22. The molecule has 0 saturated heterocycles. The van der Waals surface area contributed by atoms with Gasteiger partial charge in [-0.25, -0.2) is 17.9 Å². The number of sulfone groups is 1. The van der Waals surface area contributed by atoms with Gasteiger partial charge in [0.25, 0.3) is 0 Å². The SMILES string of the molecule is CC(=O)Nc1cn2nc(-c3cncc(CS(=O)(=O)c4ccc(C)cc4)c3)ccc2n1. The third-order valence-electron chi connectivity index (χ3n) is 4.45. The van der Waals surface area contributed by atoms with Crippen LogP contribution in [0.1, 0.15) is 18.1 Å². The Bertz CT molecular complexity index is 1340. The topological polar surface area (TPSA) is 106 Å². The van der Waals surface area contributed by atoms with Crippen molar-refractivity contribution in [2.45, 2.75) is 24.5 Å². The quantitative estimate of drug-likeness (QED) is 0.531. The van der Waals surface area contributed by atoms with Crippen molar-refractivity contribution >= 4 is 27.2 Å². The Labute approximate surface area is 173 Å². The molecule has 3 heterocycles. The number of aryl methyl sites for hydroxylation is 1. The zero-order valence-corrected chi connectivity index (χ0v) is 17.2. The van der Waals surface area contributed by atoms with Crippen molar-refractivity contribution < 1.29 is 13.2 Å². The van der Waals surface area contributed by atoms with Crippen LogP contribution in [-0.2, 0) is 20.4 Å². The highest BCUT2D eigenvalue weighted by Gasteiger charge is 2.16. The average Bonchev–Trinajstić information content (AvgIpc) is 3.08. The predicted molar refractivity (Wildman–Crippen MR) is 113 cm³/mol. The van der Waals surface area contributed by atoms with Crippen LogP contribution in [-0.4, -0.2) is 33.9 Å². The Morgan fingerprint density at radius 2 is 1.87 bits per heavy atom. The van der Waals surface area contributed by atoms with Gasteiger partial charge >= 0.3 is 0 Å². The number of pyridine rings is 1. The highest BCUT2D eigenvalue weighted by atomic mass is 32.2.